The zero-order valence-electron chi connectivity index (χ0n) is 18.7. The maximum atomic E-state index is 12.9. The van der Waals surface area contributed by atoms with Crippen LogP contribution in [0.3, 0.4) is 0 Å². The first kappa shape index (κ1) is 22.6. The highest BCUT2D eigenvalue weighted by Crippen LogP contribution is 2.39. The molecule has 0 bridgehead atoms. The SMILES string of the molecule is O=C1c2ccccc2C(=O)N1OC(c1ccc(OCc2cccc(Cl)n2)cc1)C1CCCCC1. The summed E-state index contributed by atoms with van der Waals surface area (Å²) in [6.45, 7) is 0.303. The zero-order chi connectivity index (χ0) is 23.5. The van der Waals surface area contributed by atoms with Crippen molar-refractivity contribution in [3.05, 3.63) is 94.3 Å². The maximum absolute atomic E-state index is 12.9. The van der Waals surface area contributed by atoms with E-state index in [4.69, 9.17) is 21.2 Å². The Hall–Kier alpha value is -3.22. The summed E-state index contributed by atoms with van der Waals surface area (Å²) in [4.78, 5) is 36.2. The van der Waals surface area contributed by atoms with E-state index in [1.807, 2.05) is 36.4 Å². The van der Waals surface area contributed by atoms with Gasteiger partial charge in [-0.15, -0.1) is 5.06 Å². The third kappa shape index (κ3) is 4.69. The van der Waals surface area contributed by atoms with Crippen molar-refractivity contribution in [3.63, 3.8) is 0 Å². The third-order valence-electron chi connectivity index (χ3n) is 6.42. The van der Waals surface area contributed by atoms with Crippen molar-refractivity contribution in [2.45, 2.75) is 44.8 Å². The van der Waals surface area contributed by atoms with E-state index in [0.29, 0.717) is 28.6 Å². The first-order valence-electron chi connectivity index (χ1n) is 11.6. The number of halogens is 1. The molecule has 1 saturated carbocycles. The highest BCUT2D eigenvalue weighted by Gasteiger charge is 2.40. The molecule has 0 N–H and O–H groups in total. The molecule has 5 rings (SSSR count). The second-order valence-corrected chi connectivity index (χ2v) is 9.07. The molecule has 1 fully saturated rings. The van der Waals surface area contributed by atoms with E-state index < -0.39 is 17.9 Å². The molecule has 0 spiro atoms. The number of carbonyl (C=O) groups is 2. The van der Waals surface area contributed by atoms with Crippen molar-refractivity contribution < 1.29 is 19.2 Å². The molecule has 2 aliphatic rings. The molecule has 1 atom stereocenters. The summed E-state index contributed by atoms with van der Waals surface area (Å²) in [6, 6.07) is 19.9. The monoisotopic (exact) mass is 476 g/mol. The predicted molar refractivity (Wildman–Crippen MR) is 127 cm³/mol. The number of benzene rings is 2. The van der Waals surface area contributed by atoms with Gasteiger partial charge in [0.25, 0.3) is 11.8 Å². The van der Waals surface area contributed by atoms with Gasteiger partial charge in [-0.1, -0.05) is 61.2 Å². The highest BCUT2D eigenvalue weighted by atomic mass is 35.5. The summed E-state index contributed by atoms with van der Waals surface area (Å²) in [6.07, 6.45) is 5.01. The fourth-order valence-corrected chi connectivity index (χ4v) is 4.86. The van der Waals surface area contributed by atoms with Gasteiger partial charge < -0.3 is 4.74 Å². The molecule has 6 nitrogen and oxygen atoms in total. The Balaban J connectivity index is 1.34. The Kier molecular flexibility index (Phi) is 6.61. The first-order valence-corrected chi connectivity index (χ1v) is 12.0. The Morgan fingerprint density at radius 2 is 1.56 bits per heavy atom. The minimum atomic E-state index is -0.407. The molecular formula is C27H25ClN2O4. The van der Waals surface area contributed by atoms with Crippen LogP contribution in [0.15, 0.2) is 66.7 Å². The largest absolute Gasteiger partial charge is 0.487 e. The molecule has 2 heterocycles. The fraction of sp³-hybridized carbons (Fsp3) is 0.296. The summed E-state index contributed by atoms with van der Waals surface area (Å²) in [7, 11) is 0. The van der Waals surface area contributed by atoms with Gasteiger partial charge in [0, 0.05) is 0 Å². The maximum Gasteiger partial charge on any atom is 0.285 e. The Bertz CT molecular complexity index is 1160. The molecule has 1 aliphatic heterocycles. The van der Waals surface area contributed by atoms with Gasteiger partial charge in [0.2, 0.25) is 0 Å². The molecule has 2 amide bonds. The molecular weight excluding hydrogens is 452 g/mol. The number of hydrogen-bond acceptors (Lipinski definition) is 5. The fourth-order valence-electron chi connectivity index (χ4n) is 4.67. The van der Waals surface area contributed by atoms with Crippen molar-refractivity contribution in [2.24, 2.45) is 5.92 Å². The number of nitrogens with zero attached hydrogens (tertiary/aromatic N) is 2. The number of fused-ring (bicyclic) bond motifs is 1. The van der Waals surface area contributed by atoms with E-state index >= 15 is 0 Å². The van der Waals surface area contributed by atoms with E-state index in [1.165, 1.54) is 6.42 Å². The molecule has 3 aromatic rings. The lowest BCUT2D eigenvalue weighted by molar-refractivity contribution is -0.156. The number of rotatable bonds is 7. The number of imide groups is 1. The first-order chi connectivity index (χ1) is 16.6. The van der Waals surface area contributed by atoms with E-state index in [1.54, 1.807) is 30.3 Å². The molecule has 7 heteroatoms. The number of hydroxylamine groups is 2. The predicted octanol–water partition coefficient (Wildman–Crippen LogP) is 6.16. The van der Waals surface area contributed by atoms with Gasteiger partial charge >= 0.3 is 0 Å². The lowest BCUT2D eigenvalue weighted by Crippen LogP contribution is -2.34. The van der Waals surface area contributed by atoms with Gasteiger partial charge in [0.1, 0.15) is 23.6 Å². The lowest BCUT2D eigenvalue weighted by atomic mass is 9.82. The standard InChI is InChI=1S/C27H25ClN2O4/c28-24-12-6-9-20(29-24)17-33-21-15-13-19(14-16-21)25(18-7-2-1-3-8-18)34-30-26(31)22-10-4-5-11-23(22)27(30)32/h4-6,9-16,18,25H,1-3,7-8,17H2. The van der Waals surface area contributed by atoms with Crippen LogP contribution in [-0.4, -0.2) is 21.9 Å². The summed E-state index contributed by atoms with van der Waals surface area (Å²) < 4.78 is 5.86. The second-order valence-electron chi connectivity index (χ2n) is 8.68. The summed E-state index contributed by atoms with van der Waals surface area (Å²) in [5.74, 6) is 0.0971. The van der Waals surface area contributed by atoms with Crippen LogP contribution in [0.1, 0.15) is 70.2 Å². The van der Waals surface area contributed by atoms with Crippen LogP contribution in [0.2, 0.25) is 5.15 Å². The van der Waals surface area contributed by atoms with Crippen molar-refractivity contribution in [1.29, 1.82) is 0 Å². The third-order valence-corrected chi connectivity index (χ3v) is 6.63. The highest BCUT2D eigenvalue weighted by molar-refractivity contribution is 6.29. The van der Waals surface area contributed by atoms with Crippen LogP contribution >= 0.6 is 11.6 Å². The van der Waals surface area contributed by atoms with Gasteiger partial charge in [0.05, 0.1) is 16.8 Å². The van der Waals surface area contributed by atoms with Crippen LogP contribution in [0.4, 0.5) is 0 Å². The van der Waals surface area contributed by atoms with Crippen LogP contribution in [0.25, 0.3) is 0 Å². The molecule has 2 aromatic carbocycles. The number of hydrogen-bond donors (Lipinski definition) is 0. The van der Waals surface area contributed by atoms with Crippen LogP contribution in [-0.2, 0) is 11.4 Å². The minimum Gasteiger partial charge on any atom is -0.487 e. The topological polar surface area (TPSA) is 68.7 Å². The van der Waals surface area contributed by atoms with E-state index in [-0.39, 0.29) is 5.92 Å². The van der Waals surface area contributed by atoms with E-state index in [0.717, 1.165) is 42.0 Å². The summed E-state index contributed by atoms with van der Waals surface area (Å²) in [5, 5.41) is 1.37. The smallest absolute Gasteiger partial charge is 0.285 e. The lowest BCUT2D eigenvalue weighted by Gasteiger charge is -2.32. The number of amides is 2. The average Bonchev–Trinajstić information content (AvgIpc) is 3.12. The van der Waals surface area contributed by atoms with Crippen molar-refractivity contribution in [1.82, 2.24) is 10.0 Å². The second kappa shape index (κ2) is 9.95. The quantitative estimate of drug-likeness (QED) is 0.301. The van der Waals surface area contributed by atoms with E-state index in [2.05, 4.69) is 4.98 Å². The molecule has 1 aromatic heterocycles. The van der Waals surface area contributed by atoms with Crippen LogP contribution in [0.5, 0.6) is 5.75 Å². The Labute approximate surface area is 203 Å². The normalized spacial score (nSPS) is 17.0. The zero-order valence-corrected chi connectivity index (χ0v) is 19.4. The molecule has 0 saturated heterocycles. The van der Waals surface area contributed by atoms with Gasteiger partial charge in [-0.05, 0) is 60.7 Å². The minimum absolute atomic E-state index is 0.223. The molecule has 0 radical (unpaired) electrons. The van der Waals surface area contributed by atoms with Gasteiger partial charge in [-0.25, -0.2) is 4.98 Å². The Morgan fingerprint density at radius 3 is 2.21 bits per heavy atom. The number of aromatic nitrogens is 1. The Morgan fingerprint density at radius 1 is 0.882 bits per heavy atom. The van der Waals surface area contributed by atoms with Crippen LogP contribution < -0.4 is 4.74 Å². The van der Waals surface area contributed by atoms with Gasteiger partial charge in [-0.3, -0.25) is 14.4 Å². The van der Waals surface area contributed by atoms with E-state index in [9.17, 15) is 9.59 Å². The van der Waals surface area contributed by atoms with Gasteiger partial charge in [-0.2, -0.15) is 0 Å². The molecule has 1 aliphatic carbocycles. The number of carbonyl (C=O) groups excluding carboxylic acids is 2. The molecule has 174 valence electrons. The summed E-state index contributed by atoms with van der Waals surface area (Å²) in [5.41, 5.74) is 2.42. The van der Waals surface area contributed by atoms with Crippen molar-refractivity contribution in [3.8, 4) is 5.75 Å². The van der Waals surface area contributed by atoms with Crippen LogP contribution in [0, 0.1) is 5.92 Å². The number of pyridine rings is 1. The number of ether oxygens (including phenoxy) is 1. The summed E-state index contributed by atoms with van der Waals surface area (Å²) >= 11 is 5.94. The molecule has 1 unspecified atom stereocenters. The van der Waals surface area contributed by atoms with Gasteiger partial charge in [0.15, 0.2) is 0 Å². The average molecular weight is 477 g/mol. The van der Waals surface area contributed by atoms with Crippen molar-refractivity contribution in [2.75, 3.05) is 0 Å². The molecule has 34 heavy (non-hydrogen) atoms. The van der Waals surface area contributed by atoms with Crippen molar-refractivity contribution >= 4 is 23.4 Å².